The number of amides is 1. The first-order chi connectivity index (χ1) is 7.81. The first kappa shape index (κ1) is 13.8. The number of nitrogens with one attached hydrogen (secondary N) is 1. The maximum atomic E-state index is 11.6. The monoisotopic (exact) mass is 301 g/mol. The smallest absolute Gasteiger partial charge is 0.412 e. The van der Waals surface area contributed by atoms with Crippen molar-refractivity contribution >= 4 is 27.7 Å². The molecule has 0 aliphatic heterocycles. The van der Waals surface area contributed by atoms with Gasteiger partial charge < -0.3 is 9.84 Å². The minimum absolute atomic E-state index is 0.161. The molecule has 5 heteroatoms. The van der Waals surface area contributed by atoms with Gasteiger partial charge in [-0.2, -0.15) is 0 Å². The molecule has 1 aromatic rings. The summed E-state index contributed by atoms with van der Waals surface area (Å²) in [5, 5.41) is 12.5. The van der Waals surface area contributed by atoms with Crippen molar-refractivity contribution in [1.29, 1.82) is 0 Å². The topological polar surface area (TPSA) is 58.6 Å². The molecule has 0 aliphatic carbocycles. The number of benzene rings is 1. The number of carbonyl (C=O) groups is 1. The van der Waals surface area contributed by atoms with Gasteiger partial charge in [-0.25, -0.2) is 4.79 Å². The Morgan fingerprint density at radius 1 is 1.47 bits per heavy atom. The van der Waals surface area contributed by atoms with Gasteiger partial charge in [0.1, 0.15) is 11.4 Å². The van der Waals surface area contributed by atoms with E-state index in [2.05, 4.69) is 21.2 Å². The van der Waals surface area contributed by atoms with Crippen molar-refractivity contribution in [2.45, 2.75) is 31.7 Å². The molecule has 0 spiro atoms. The Morgan fingerprint density at radius 2 is 2.12 bits per heavy atom. The van der Waals surface area contributed by atoms with Crippen LogP contribution in [-0.2, 0) is 10.1 Å². The highest BCUT2D eigenvalue weighted by Crippen LogP contribution is 2.24. The van der Waals surface area contributed by atoms with Gasteiger partial charge in [0.15, 0.2) is 0 Å². The summed E-state index contributed by atoms with van der Waals surface area (Å²) in [6.45, 7) is 5.40. The van der Waals surface area contributed by atoms with Gasteiger partial charge in [-0.15, -0.1) is 0 Å². The molecule has 1 rings (SSSR count). The van der Waals surface area contributed by atoms with E-state index in [0.29, 0.717) is 11.0 Å². The summed E-state index contributed by atoms with van der Waals surface area (Å²) in [4.78, 5) is 11.6. The van der Waals surface area contributed by atoms with Gasteiger partial charge in [0.2, 0.25) is 0 Å². The molecule has 0 atom stereocenters. The van der Waals surface area contributed by atoms with E-state index in [1.54, 1.807) is 32.9 Å². The third kappa shape index (κ3) is 4.65. The second-order valence-corrected chi connectivity index (χ2v) is 5.16. The van der Waals surface area contributed by atoms with E-state index < -0.39 is 11.7 Å². The van der Waals surface area contributed by atoms with E-state index in [1.165, 1.54) is 6.07 Å². The van der Waals surface area contributed by atoms with Crippen molar-refractivity contribution < 1.29 is 14.6 Å². The molecule has 0 heterocycles. The molecular weight excluding hydrogens is 286 g/mol. The van der Waals surface area contributed by atoms with Crippen LogP contribution in [0.1, 0.15) is 26.3 Å². The molecule has 2 N–H and O–H groups in total. The minimum atomic E-state index is -0.532. The quantitative estimate of drug-likeness (QED) is 0.648. The van der Waals surface area contributed by atoms with Crippen LogP contribution in [0.2, 0.25) is 0 Å². The van der Waals surface area contributed by atoms with Crippen LogP contribution >= 0.6 is 15.9 Å². The molecule has 0 aliphatic rings. The van der Waals surface area contributed by atoms with Crippen molar-refractivity contribution in [2.24, 2.45) is 0 Å². The van der Waals surface area contributed by atoms with E-state index in [4.69, 9.17) is 4.74 Å². The van der Waals surface area contributed by atoms with Gasteiger partial charge in [-0.3, -0.25) is 5.32 Å². The minimum Gasteiger partial charge on any atom is -0.508 e. The van der Waals surface area contributed by atoms with E-state index in [1.807, 2.05) is 0 Å². The zero-order valence-electron chi connectivity index (χ0n) is 10.1. The Balaban J connectivity index is 2.78. The maximum Gasteiger partial charge on any atom is 0.412 e. The molecule has 17 heavy (non-hydrogen) atoms. The Bertz CT molecular complexity index is 413. The van der Waals surface area contributed by atoms with Crippen LogP contribution in [-0.4, -0.2) is 16.8 Å². The fourth-order valence-electron chi connectivity index (χ4n) is 1.23. The first-order valence-corrected chi connectivity index (χ1v) is 6.32. The molecule has 0 radical (unpaired) electrons. The van der Waals surface area contributed by atoms with Gasteiger partial charge in [0.05, 0.1) is 0 Å². The molecule has 1 aromatic carbocycles. The number of alkyl halides is 1. The highest BCUT2D eigenvalue weighted by atomic mass is 79.9. The second kappa shape index (κ2) is 5.40. The fourth-order valence-corrected chi connectivity index (χ4v) is 1.69. The fraction of sp³-hybridized carbons (Fsp3) is 0.417. The number of phenols is 1. The van der Waals surface area contributed by atoms with Gasteiger partial charge in [0, 0.05) is 11.0 Å². The van der Waals surface area contributed by atoms with Crippen molar-refractivity contribution in [2.75, 3.05) is 5.32 Å². The van der Waals surface area contributed by atoms with Gasteiger partial charge in [-0.05, 0) is 44.5 Å². The number of aromatic hydroxyl groups is 1. The summed E-state index contributed by atoms with van der Waals surface area (Å²) < 4.78 is 5.14. The van der Waals surface area contributed by atoms with E-state index in [-0.39, 0.29) is 5.75 Å². The van der Waals surface area contributed by atoms with Crippen LogP contribution in [0.25, 0.3) is 0 Å². The number of rotatable bonds is 2. The van der Waals surface area contributed by atoms with E-state index in [0.717, 1.165) is 5.56 Å². The molecule has 0 fully saturated rings. The summed E-state index contributed by atoms with van der Waals surface area (Å²) in [6, 6.07) is 4.73. The van der Waals surface area contributed by atoms with Crippen LogP contribution in [0.15, 0.2) is 18.2 Å². The summed E-state index contributed by atoms with van der Waals surface area (Å²) >= 11 is 3.29. The van der Waals surface area contributed by atoms with Crippen LogP contribution in [0.4, 0.5) is 10.5 Å². The second-order valence-electron chi connectivity index (χ2n) is 4.60. The third-order valence-electron chi connectivity index (χ3n) is 1.87. The third-order valence-corrected chi connectivity index (χ3v) is 2.47. The van der Waals surface area contributed by atoms with E-state index >= 15 is 0 Å². The first-order valence-electron chi connectivity index (χ1n) is 5.19. The van der Waals surface area contributed by atoms with E-state index in [9.17, 15) is 9.90 Å². The Hall–Kier alpha value is -1.23. The molecule has 0 bridgehead atoms. The normalized spacial score (nSPS) is 11.1. The molecular formula is C12H16BrNO3. The van der Waals surface area contributed by atoms with Crippen LogP contribution in [0.3, 0.4) is 0 Å². The molecule has 0 saturated heterocycles. The Morgan fingerprint density at radius 3 is 2.65 bits per heavy atom. The number of anilines is 1. The van der Waals surface area contributed by atoms with Crippen LogP contribution < -0.4 is 5.32 Å². The van der Waals surface area contributed by atoms with Crippen molar-refractivity contribution in [3.05, 3.63) is 23.8 Å². The van der Waals surface area contributed by atoms with Crippen molar-refractivity contribution in [1.82, 2.24) is 0 Å². The largest absolute Gasteiger partial charge is 0.508 e. The Kier molecular flexibility index (Phi) is 4.40. The number of phenolic OH excluding ortho intramolecular Hbond substituents is 1. The zero-order valence-corrected chi connectivity index (χ0v) is 11.7. The lowest BCUT2D eigenvalue weighted by Gasteiger charge is -2.20. The SMILES string of the molecule is CC(C)(C)OC(=O)Nc1ccc(O)cc1CBr. The lowest BCUT2D eigenvalue weighted by atomic mass is 10.2. The average molecular weight is 302 g/mol. The average Bonchev–Trinajstić information content (AvgIpc) is 2.17. The lowest BCUT2D eigenvalue weighted by Crippen LogP contribution is -2.27. The summed E-state index contributed by atoms with van der Waals surface area (Å²) in [5.41, 5.74) is 0.875. The maximum absolute atomic E-state index is 11.6. The Labute approximate surface area is 109 Å². The molecule has 0 unspecified atom stereocenters. The van der Waals surface area contributed by atoms with Gasteiger partial charge >= 0.3 is 6.09 Å². The number of hydrogen-bond donors (Lipinski definition) is 2. The summed E-state index contributed by atoms with van der Waals surface area (Å²) in [7, 11) is 0. The highest BCUT2D eigenvalue weighted by Gasteiger charge is 2.17. The van der Waals surface area contributed by atoms with Crippen LogP contribution in [0.5, 0.6) is 5.75 Å². The number of halogens is 1. The van der Waals surface area contributed by atoms with Crippen molar-refractivity contribution in [3.63, 3.8) is 0 Å². The standard InChI is InChI=1S/C12H16BrNO3/c1-12(2,3)17-11(16)14-10-5-4-9(15)6-8(10)7-13/h4-6,15H,7H2,1-3H3,(H,14,16). The predicted molar refractivity (Wildman–Crippen MR) is 70.6 cm³/mol. The number of hydrogen-bond acceptors (Lipinski definition) is 3. The number of carbonyl (C=O) groups excluding carboxylic acids is 1. The summed E-state index contributed by atoms with van der Waals surface area (Å²) in [6.07, 6.45) is -0.509. The van der Waals surface area contributed by atoms with Crippen molar-refractivity contribution in [3.8, 4) is 5.75 Å². The molecule has 4 nitrogen and oxygen atoms in total. The summed E-state index contributed by atoms with van der Waals surface area (Å²) in [5.74, 6) is 0.161. The molecule has 1 amide bonds. The molecule has 0 aromatic heterocycles. The zero-order chi connectivity index (χ0) is 13.1. The number of ether oxygens (including phenoxy) is 1. The highest BCUT2D eigenvalue weighted by molar-refractivity contribution is 9.08. The lowest BCUT2D eigenvalue weighted by molar-refractivity contribution is 0.0636. The molecule has 0 saturated carbocycles. The van der Waals surface area contributed by atoms with Gasteiger partial charge in [-0.1, -0.05) is 15.9 Å². The van der Waals surface area contributed by atoms with Gasteiger partial charge in [0.25, 0.3) is 0 Å². The van der Waals surface area contributed by atoms with Crippen LogP contribution in [0, 0.1) is 0 Å². The predicted octanol–water partition coefficient (Wildman–Crippen LogP) is 3.63. The molecule has 94 valence electrons.